The molecule has 0 bridgehead atoms. The predicted molar refractivity (Wildman–Crippen MR) is 122 cm³/mol. The van der Waals surface area contributed by atoms with E-state index in [2.05, 4.69) is 23.7 Å². The fourth-order valence-electron chi connectivity index (χ4n) is 4.68. The summed E-state index contributed by atoms with van der Waals surface area (Å²) in [5.74, 6) is -0.0983. The summed E-state index contributed by atoms with van der Waals surface area (Å²) in [4.78, 5) is 32.3. The lowest BCUT2D eigenvalue weighted by atomic mass is 9.76. The van der Waals surface area contributed by atoms with Crippen molar-refractivity contribution in [3.05, 3.63) is 93.7 Å². The quantitative estimate of drug-likeness (QED) is 0.496. The topological polar surface area (TPSA) is 55.4 Å². The van der Waals surface area contributed by atoms with Crippen LogP contribution in [0.5, 0.6) is 0 Å². The van der Waals surface area contributed by atoms with Crippen molar-refractivity contribution in [2.75, 3.05) is 6.61 Å². The van der Waals surface area contributed by atoms with E-state index < -0.39 is 0 Å². The first kappa shape index (κ1) is 21.3. The average molecular weight is 416 g/mol. The van der Waals surface area contributed by atoms with Crippen molar-refractivity contribution in [1.82, 2.24) is 5.48 Å². The van der Waals surface area contributed by atoms with Gasteiger partial charge in [0.25, 0.3) is 0 Å². The van der Waals surface area contributed by atoms with Gasteiger partial charge < -0.3 is 0 Å². The molecule has 0 radical (unpaired) electrons. The summed E-state index contributed by atoms with van der Waals surface area (Å²) in [6, 6.07) is 15.8. The third-order valence-corrected chi connectivity index (χ3v) is 6.25. The van der Waals surface area contributed by atoms with Crippen LogP contribution < -0.4 is 5.48 Å². The third-order valence-electron chi connectivity index (χ3n) is 6.25. The second-order valence-electron chi connectivity index (χ2n) is 8.20. The van der Waals surface area contributed by atoms with Crippen LogP contribution in [0.2, 0.25) is 0 Å². The van der Waals surface area contributed by atoms with E-state index >= 15 is 0 Å². The Kier molecular flexibility index (Phi) is 6.47. The molecule has 160 valence electrons. The van der Waals surface area contributed by atoms with Crippen molar-refractivity contribution in [3.63, 3.8) is 0 Å². The van der Waals surface area contributed by atoms with Crippen molar-refractivity contribution in [2.45, 2.75) is 51.9 Å². The highest BCUT2D eigenvalue weighted by molar-refractivity contribution is 6.16. The minimum absolute atomic E-state index is 0.00927. The van der Waals surface area contributed by atoms with Crippen LogP contribution in [-0.4, -0.2) is 18.2 Å². The molecule has 4 nitrogen and oxygen atoms in total. The van der Waals surface area contributed by atoms with Crippen molar-refractivity contribution >= 4 is 11.6 Å². The normalized spacial score (nSPS) is 18.8. The molecule has 1 atom stereocenters. The summed E-state index contributed by atoms with van der Waals surface area (Å²) in [6.07, 6.45) is 6.16. The molecular formula is C27H29NO3. The fourth-order valence-corrected chi connectivity index (χ4v) is 4.68. The lowest BCUT2D eigenvalue weighted by molar-refractivity contribution is -0.116. The molecule has 4 rings (SSSR count). The molecular weight excluding hydrogens is 386 g/mol. The summed E-state index contributed by atoms with van der Waals surface area (Å²) < 4.78 is 0. The highest BCUT2D eigenvalue weighted by Crippen LogP contribution is 2.39. The van der Waals surface area contributed by atoms with Gasteiger partial charge in [-0.05, 0) is 62.1 Å². The van der Waals surface area contributed by atoms with Crippen molar-refractivity contribution in [2.24, 2.45) is 0 Å². The van der Waals surface area contributed by atoms with Crippen LogP contribution >= 0.6 is 0 Å². The van der Waals surface area contributed by atoms with Crippen molar-refractivity contribution < 1.29 is 14.4 Å². The summed E-state index contributed by atoms with van der Waals surface area (Å²) in [6.45, 7) is 4.18. The standard InChI is InChI=1S/C27H29NO3/c1-3-24(28-31-4-2)26-23(27(30)19-9-6-5-7-10-19)16-22(17-25(26)29)21-14-13-18-11-8-12-20(18)15-21/h3,5-7,9-10,13-15,22,28H,4,8,11-12,16-17H2,1-2H3. The molecule has 1 unspecified atom stereocenters. The summed E-state index contributed by atoms with van der Waals surface area (Å²) in [7, 11) is 0. The molecule has 1 N–H and O–H groups in total. The summed E-state index contributed by atoms with van der Waals surface area (Å²) in [5, 5.41) is 0. The van der Waals surface area contributed by atoms with Gasteiger partial charge in [-0.15, -0.1) is 0 Å². The third kappa shape index (κ3) is 4.40. The van der Waals surface area contributed by atoms with Gasteiger partial charge in [-0.3, -0.25) is 19.9 Å². The van der Waals surface area contributed by atoms with Crippen LogP contribution in [0.3, 0.4) is 0 Å². The van der Waals surface area contributed by atoms with E-state index in [9.17, 15) is 9.59 Å². The Morgan fingerprint density at radius 1 is 1.10 bits per heavy atom. The molecule has 0 fully saturated rings. The number of Topliss-reactive ketones (excluding diaryl/α,β-unsaturated/α-hetero) is 2. The lowest BCUT2D eigenvalue weighted by Crippen LogP contribution is -2.28. The molecule has 2 aromatic carbocycles. The molecule has 0 aromatic heterocycles. The predicted octanol–water partition coefficient (Wildman–Crippen LogP) is 5.25. The van der Waals surface area contributed by atoms with Gasteiger partial charge in [0.2, 0.25) is 0 Å². The van der Waals surface area contributed by atoms with Gasteiger partial charge in [-0.2, -0.15) is 0 Å². The van der Waals surface area contributed by atoms with Crippen LogP contribution in [0, 0.1) is 0 Å². The highest BCUT2D eigenvalue weighted by Gasteiger charge is 2.34. The molecule has 0 heterocycles. The summed E-state index contributed by atoms with van der Waals surface area (Å²) >= 11 is 0. The Bertz CT molecular complexity index is 1050. The van der Waals surface area contributed by atoms with Crippen LogP contribution in [0.25, 0.3) is 0 Å². The number of hydrogen-bond acceptors (Lipinski definition) is 4. The first-order valence-corrected chi connectivity index (χ1v) is 11.1. The number of carbonyl (C=O) groups is 2. The van der Waals surface area contributed by atoms with E-state index in [1.165, 1.54) is 17.5 Å². The van der Waals surface area contributed by atoms with Gasteiger partial charge in [-0.25, -0.2) is 0 Å². The maximum Gasteiger partial charge on any atom is 0.189 e. The zero-order chi connectivity index (χ0) is 21.8. The lowest BCUT2D eigenvalue weighted by Gasteiger charge is -2.28. The average Bonchev–Trinajstić information content (AvgIpc) is 3.28. The number of benzene rings is 2. The van der Waals surface area contributed by atoms with Gasteiger partial charge in [0.1, 0.15) is 0 Å². The largest absolute Gasteiger partial charge is 0.294 e. The minimum atomic E-state index is -0.0903. The number of allylic oxidation sites excluding steroid dienone is 3. The molecule has 2 aliphatic carbocycles. The van der Waals surface area contributed by atoms with Crippen molar-refractivity contribution in [1.29, 1.82) is 0 Å². The highest BCUT2D eigenvalue weighted by atomic mass is 16.6. The smallest absolute Gasteiger partial charge is 0.189 e. The van der Waals surface area contributed by atoms with E-state index in [0.29, 0.717) is 41.9 Å². The molecule has 2 aromatic rings. The maximum atomic E-state index is 13.5. The van der Waals surface area contributed by atoms with Crippen LogP contribution in [0.4, 0.5) is 0 Å². The Labute approximate surface area is 184 Å². The van der Waals surface area contributed by atoms with Gasteiger partial charge in [0.05, 0.1) is 12.3 Å². The van der Waals surface area contributed by atoms with E-state index in [0.717, 1.165) is 18.4 Å². The monoisotopic (exact) mass is 415 g/mol. The van der Waals surface area contributed by atoms with E-state index in [4.69, 9.17) is 4.84 Å². The Hall–Kier alpha value is -2.98. The summed E-state index contributed by atoms with van der Waals surface area (Å²) in [5.41, 5.74) is 9.03. The molecule has 4 heteroatoms. The molecule has 0 amide bonds. The molecule has 31 heavy (non-hydrogen) atoms. The molecule has 0 saturated carbocycles. The number of nitrogens with one attached hydrogen (secondary N) is 1. The fraction of sp³-hybridized carbons (Fsp3) is 0.333. The number of carbonyl (C=O) groups excluding carboxylic acids is 2. The second kappa shape index (κ2) is 9.44. The number of fused-ring (bicyclic) bond motifs is 1. The van der Waals surface area contributed by atoms with Gasteiger partial charge in [-0.1, -0.05) is 54.6 Å². The Balaban J connectivity index is 1.75. The van der Waals surface area contributed by atoms with Gasteiger partial charge in [0.15, 0.2) is 11.6 Å². The maximum absolute atomic E-state index is 13.5. The van der Waals surface area contributed by atoms with Gasteiger partial charge >= 0.3 is 0 Å². The molecule has 0 saturated heterocycles. The number of hydroxylamine groups is 1. The molecule has 0 spiro atoms. The van der Waals surface area contributed by atoms with Crippen LogP contribution in [-0.2, 0) is 22.5 Å². The number of hydrogen-bond donors (Lipinski definition) is 1. The second-order valence-corrected chi connectivity index (χ2v) is 8.20. The molecule has 2 aliphatic rings. The zero-order valence-corrected chi connectivity index (χ0v) is 18.2. The Morgan fingerprint density at radius 3 is 2.61 bits per heavy atom. The zero-order valence-electron chi connectivity index (χ0n) is 18.2. The van der Waals surface area contributed by atoms with Crippen LogP contribution in [0.1, 0.15) is 66.1 Å². The first-order chi connectivity index (χ1) is 15.1. The molecule has 0 aliphatic heterocycles. The van der Waals surface area contributed by atoms with E-state index in [1.807, 2.05) is 44.2 Å². The SMILES string of the molecule is CC=C(NOCC)C1=C(C(=O)c2ccccc2)CC(c2ccc3c(c2)CCC3)CC1=O. The first-order valence-electron chi connectivity index (χ1n) is 11.1. The number of rotatable bonds is 7. The van der Waals surface area contributed by atoms with Crippen molar-refractivity contribution in [3.8, 4) is 0 Å². The van der Waals surface area contributed by atoms with E-state index in [-0.39, 0.29) is 17.5 Å². The van der Waals surface area contributed by atoms with E-state index in [1.54, 1.807) is 6.08 Å². The number of aryl methyl sites for hydroxylation is 2. The van der Waals surface area contributed by atoms with Crippen LogP contribution in [0.15, 0.2) is 71.5 Å². The van der Waals surface area contributed by atoms with Gasteiger partial charge in [0, 0.05) is 23.1 Å². The Morgan fingerprint density at radius 2 is 1.87 bits per heavy atom. The minimum Gasteiger partial charge on any atom is -0.294 e. The number of ketones is 2.